The molecule has 0 aromatic heterocycles. The van der Waals surface area contributed by atoms with Crippen molar-refractivity contribution in [1.29, 1.82) is 0 Å². The van der Waals surface area contributed by atoms with Crippen LogP contribution in [0.25, 0.3) is 0 Å². The van der Waals surface area contributed by atoms with E-state index in [1.54, 1.807) is 6.92 Å². The number of alkyl halides is 1. The Balaban J connectivity index is 4.15. The zero-order chi connectivity index (χ0) is 10.5. The second kappa shape index (κ2) is 5.56. The molecule has 1 atom stereocenters. The van der Waals surface area contributed by atoms with Crippen molar-refractivity contribution in [3.63, 3.8) is 0 Å². The maximum atomic E-state index is 11.1. The minimum Gasteiger partial charge on any atom is -0.355 e. The lowest BCUT2D eigenvalue weighted by Crippen LogP contribution is -2.44. The molecular weight excluding hydrogens is 260 g/mol. The lowest BCUT2D eigenvalue weighted by Gasteiger charge is -2.11. The average molecular weight is 273 g/mol. The Morgan fingerprint density at radius 2 is 2.08 bits per heavy atom. The van der Waals surface area contributed by atoms with Crippen LogP contribution in [0, 0.1) is 0 Å². The summed E-state index contributed by atoms with van der Waals surface area (Å²) in [5, 5.41) is 2.51. The van der Waals surface area contributed by atoms with E-state index in [0.717, 1.165) is 0 Å². The summed E-state index contributed by atoms with van der Waals surface area (Å²) in [5.41, 5.74) is 0. The molecule has 0 bridgehead atoms. The molecule has 0 aliphatic heterocycles. The molecule has 0 saturated heterocycles. The number of nitrogens with one attached hydrogen (secondary N) is 2. The summed E-state index contributed by atoms with van der Waals surface area (Å²) in [5.74, 6) is -0.327. The fourth-order valence-corrected chi connectivity index (χ4v) is 1.79. The highest BCUT2D eigenvalue weighted by Crippen LogP contribution is 1.93. The van der Waals surface area contributed by atoms with Crippen LogP contribution >= 0.6 is 15.9 Å². The molecule has 13 heavy (non-hydrogen) atoms. The summed E-state index contributed by atoms with van der Waals surface area (Å²) in [7, 11) is -3.38. The van der Waals surface area contributed by atoms with Gasteiger partial charge >= 0.3 is 0 Å². The van der Waals surface area contributed by atoms with Gasteiger partial charge in [-0.25, -0.2) is 13.1 Å². The summed E-state index contributed by atoms with van der Waals surface area (Å²) in [6.45, 7) is 3.74. The predicted molar refractivity (Wildman–Crippen MR) is 54.0 cm³/mol. The van der Waals surface area contributed by atoms with Crippen LogP contribution in [0.15, 0.2) is 0 Å². The van der Waals surface area contributed by atoms with E-state index >= 15 is 0 Å². The molecule has 78 valence electrons. The summed E-state index contributed by atoms with van der Waals surface area (Å²) < 4.78 is 24.0. The van der Waals surface area contributed by atoms with Gasteiger partial charge in [-0.1, -0.05) is 15.9 Å². The molecule has 1 unspecified atom stereocenters. The molecule has 0 fully saturated rings. The third-order valence-corrected chi connectivity index (χ3v) is 4.05. The summed E-state index contributed by atoms with van der Waals surface area (Å²) in [4.78, 5) is 11.1. The average Bonchev–Trinajstić information content (AvgIpc) is 2.04. The van der Waals surface area contributed by atoms with Gasteiger partial charge in [-0.15, -0.1) is 0 Å². The first-order valence-electron chi connectivity index (χ1n) is 3.76. The summed E-state index contributed by atoms with van der Waals surface area (Å²) in [6.07, 6.45) is 0. The first-order valence-corrected chi connectivity index (χ1v) is 6.54. The van der Waals surface area contributed by atoms with Gasteiger partial charge in [0.1, 0.15) is 4.66 Å². The zero-order valence-electron chi connectivity index (χ0n) is 7.50. The fraction of sp³-hybridized carbons (Fsp3) is 0.833. The Morgan fingerprint density at radius 3 is 2.46 bits per heavy atom. The van der Waals surface area contributed by atoms with E-state index in [9.17, 15) is 13.2 Å². The van der Waals surface area contributed by atoms with Crippen LogP contribution in [0.2, 0.25) is 0 Å². The third-order valence-electron chi connectivity index (χ3n) is 1.24. The smallest absolute Gasteiger partial charge is 0.237 e. The topological polar surface area (TPSA) is 75.3 Å². The number of halogens is 1. The van der Waals surface area contributed by atoms with Crippen LogP contribution in [-0.4, -0.2) is 31.6 Å². The van der Waals surface area contributed by atoms with E-state index in [4.69, 9.17) is 0 Å². The van der Waals surface area contributed by atoms with Gasteiger partial charge in [0.25, 0.3) is 0 Å². The van der Waals surface area contributed by atoms with Crippen LogP contribution in [0.1, 0.15) is 13.8 Å². The van der Waals surface area contributed by atoms with E-state index in [2.05, 4.69) is 26.0 Å². The number of likely N-dealkylation sites (N-methyl/N-ethyl adjacent to an activating group) is 1. The van der Waals surface area contributed by atoms with Crippen LogP contribution < -0.4 is 10.0 Å². The normalized spacial score (nSPS) is 13.8. The SMILES string of the molecule is CCNC(=O)C(C)NS(=O)(=O)CBr. The number of carbonyl (C=O) groups is 1. The highest BCUT2D eigenvalue weighted by Gasteiger charge is 2.18. The van der Waals surface area contributed by atoms with Gasteiger partial charge in [-0.3, -0.25) is 4.79 Å². The highest BCUT2D eigenvalue weighted by molar-refractivity contribution is 9.10. The summed E-state index contributed by atoms with van der Waals surface area (Å²) in [6, 6.07) is -0.734. The third kappa shape index (κ3) is 5.22. The zero-order valence-corrected chi connectivity index (χ0v) is 9.91. The molecule has 7 heteroatoms. The molecule has 0 radical (unpaired) electrons. The minimum atomic E-state index is -3.38. The van der Waals surface area contributed by atoms with Gasteiger partial charge in [0.05, 0.1) is 6.04 Å². The second-order valence-electron chi connectivity index (χ2n) is 2.46. The van der Waals surface area contributed by atoms with Gasteiger partial charge in [0, 0.05) is 6.54 Å². The lowest BCUT2D eigenvalue weighted by atomic mass is 10.3. The van der Waals surface area contributed by atoms with Crippen molar-refractivity contribution >= 4 is 31.9 Å². The van der Waals surface area contributed by atoms with Crippen molar-refractivity contribution in [1.82, 2.24) is 10.0 Å². The molecule has 0 aliphatic carbocycles. The van der Waals surface area contributed by atoms with Crippen LogP contribution in [0.4, 0.5) is 0 Å². The molecule has 1 amide bonds. The number of carbonyl (C=O) groups excluding carboxylic acids is 1. The maximum Gasteiger partial charge on any atom is 0.237 e. The van der Waals surface area contributed by atoms with Gasteiger partial charge < -0.3 is 5.32 Å². The van der Waals surface area contributed by atoms with E-state index < -0.39 is 16.1 Å². The molecule has 0 aliphatic rings. The Kier molecular flexibility index (Phi) is 5.50. The monoisotopic (exact) mass is 272 g/mol. The van der Waals surface area contributed by atoms with Gasteiger partial charge in [-0.05, 0) is 13.8 Å². The van der Waals surface area contributed by atoms with Gasteiger partial charge in [0.15, 0.2) is 0 Å². The van der Waals surface area contributed by atoms with Crippen LogP contribution in [0.3, 0.4) is 0 Å². The van der Waals surface area contributed by atoms with E-state index in [1.165, 1.54) is 6.92 Å². The fourth-order valence-electron chi connectivity index (χ4n) is 0.682. The lowest BCUT2D eigenvalue weighted by molar-refractivity contribution is -0.122. The Morgan fingerprint density at radius 1 is 1.54 bits per heavy atom. The second-order valence-corrected chi connectivity index (χ2v) is 5.51. The van der Waals surface area contributed by atoms with E-state index in [0.29, 0.717) is 6.54 Å². The number of sulfonamides is 1. The molecule has 0 rings (SSSR count). The van der Waals surface area contributed by atoms with Crippen molar-refractivity contribution in [3.05, 3.63) is 0 Å². The Labute approximate surface area is 86.5 Å². The molecule has 0 aromatic rings. The number of hydrogen-bond acceptors (Lipinski definition) is 3. The van der Waals surface area contributed by atoms with Crippen molar-refractivity contribution in [2.24, 2.45) is 0 Å². The molecule has 2 N–H and O–H groups in total. The first kappa shape index (κ1) is 12.9. The van der Waals surface area contributed by atoms with Gasteiger partial charge in [-0.2, -0.15) is 0 Å². The van der Waals surface area contributed by atoms with Crippen molar-refractivity contribution in [3.8, 4) is 0 Å². The predicted octanol–water partition coefficient (Wildman–Crippen LogP) is -0.217. The van der Waals surface area contributed by atoms with Crippen molar-refractivity contribution < 1.29 is 13.2 Å². The van der Waals surface area contributed by atoms with Gasteiger partial charge in [0.2, 0.25) is 15.9 Å². The number of hydrogen-bond donors (Lipinski definition) is 2. The first-order chi connectivity index (χ1) is 5.93. The van der Waals surface area contributed by atoms with Crippen molar-refractivity contribution in [2.45, 2.75) is 19.9 Å². The largest absolute Gasteiger partial charge is 0.355 e. The molecule has 0 saturated carbocycles. The van der Waals surface area contributed by atoms with E-state index in [1.807, 2.05) is 0 Å². The Bertz CT molecular complexity index is 265. The molecule has 0 spiro atoms. The summed E-state index contributed by atoms with van der Waals surface area (Å²) >= 11 is 2.81. The van der Waals surface area contributed by atoms with Crippen LogP contribution in [0.5, 0.6) is 0 Å². The van der Waals surface area contributed by atoms with Crippen LogP contribution in [-0.2, 0) is 14.8 Å². The molecule has 5 nitrogen and oxygen atoms in total. The molecular formula is C6H13BrN2O3S. The Hall–Kier alpha value is -0.140. The maximum absolute atomic E-state index is 11.1. The van der Waals surface area contributed by atoms with E-state index in [-0.39, 0.29) is 10.6 Å². The number of amides is 1. The molecule has 0 heterocycles. The molecule has 0 aromatic carbocycles. The number of rotatable bonds is 5. The minimum absolute atomic E-state index is 0.205. The van der Waals surface area contributed by atoms with Crippen molar-refractivity contribution in [2.75, 3.05) is 11.2 Å². The quantitative estimate of drug-likeness (QED) is 0.680. The standard InChI is InChI=1S/C6H13BrN2O3S/c1-3-8-6(10)5(2)9-13(11,12)4-7/h5,9H,3-4H2,1-2H3,(H,8,10). The highest BCUT2D eigenvalue weighted by atomic mass is 79.9.